The average molecular weight is 500 g/mol. The number of thiophene rings is 1. The lowest BCUT2D eigenvalue weighted by molar-refractivity contribution is 0.100. The zero-order valence-corrected chi connectivity index (χ0v) is 21.0. The highest BCUT2D eigenvalue weighted by Gasteiger charge is 2.29. The van der Waals surface area contributed by atoms with Crippen LogP contribution in [0.15, 0.2) is 29.8 Å². The molecule has 3 N–H and O–H groups in total. The van der Waals surface area contributed by atoms with Crippen molar-refractivity contribution in [3.05, 3.63) is 45.8 Å². The van der Waals surface area contributed by atoms with Crippen LogP contribution in [0.2, 0.25) is 0 Å². The quantitative estimate of drug-likeness (QED) is 0.459. The van der Waals surface area contributed by atoms with E-state index in [0.717, 1.165) is 45.3 Å². The lowest BCUT2D eigenvalue weighted by Gasteiger charge is -2.31. The maximum absolute atomic E-state index is 12.3. The predicted molar refractivity (Wildman–Crippen MR) is 135 cm³/mol. The SMILES string of the molecule is CCS(=O)(=O)N1CCC(c2c[nH]c3c(C(N)=O)cc(-c4csc(CN(C)CC#N)c4)cc23)CC1. The molecule has 8 nitrogen and oxygen atoms in total. The minimum Gasteiger partial charge on any atom is -0.366 e. The first-order valence-corrected chi connectivity index (χ1v) is 13.8. The van der Waals surface area contributed by atoms with Gasteiger partial charge in [0.25, 0.3) is 5.91 Å². The molecule has 4 rings (SSSR count). The Morgan fingerprint density at radius 2 is 2.03 bits per heavy atom. The minimum atomic E-state index is -3.18. The molecule has 10 heteroatoms. The summed E-state index contributed by atoms with van der Waals surface area (Å²) < 4.78 is 26.1. The molecular weight excluding hydrogens is 470 g/mol. The summed E-state index contributed by atoms with van der Waals surface area (Å²) >= 11 is 1.62. The third kappa shape index (κ3) is 4.88. The Kier molecular flexibility index (Phi) is 7.09. The second-order valence-corrected chi connectivity index (χ2v) is 12.0. The van der Waals surface area contributed by atoms with E-state index in [0.29, 0.717) is 31.7 Å². The second kappa shape index (κ2) is 9.88. The molecule has 2 aromatic heterocycles. The van der Waals surface area contributed by atoms with Crippen LogP contribution in [0.1, 0.15) is 46.5 Å². The number of hydrogen-bond acceptors (Lipinski definition) is 6. The van der Waals surface area contributed by atoms with Crippen LogP contribution in [0.5, 0.6) is 0 Å². The Hall–Kier alpha value is -2.71. The summed E-state index contributed by atoms with van der Waals surface area (Å²) in [6.45, 7) is 3.71. The molecule has 0 aliphatic carbocycles. The Balaban J connectivity index is 1.66. The number of nitrogens with two attached hydrogens (primary N) is 1. The lowest BCUT2D eigenvalue weighted by atomic mass is 9.88. The van der Waals surface area contributed by atoms with Crippen molar-refractivity contribution < 1.29 is 13.2 Å². The molecule has 0 atom stereocenters. The number of nitrogens with one attached hydrogen (secondary N) is 1. The number of benzene rings is 1. The molecule has 180 valence electrons. The number of hydrogen-bond donors (Lipinski definition) is 2. The molecule has 3 aromatic rings. The third-order valence-corrected chi connectivity index (χ3v) is 9.30. The number of aromatic nitrogens is 1. The van der Waals surface area contributed by atoms with Crippen molar-refractivity contribution in [2.24, 2.45) is 5.73 Å². The van der Waals surface area contributed by atoms with Crippen molar-refractivity contribution in [3.63, 3.8) is 0 Å². The van der Waals surface area contributed by atoms with E-state index in [4.69, 9.17) is 11.0 Å². The van der Waals surface area contributed by atoms with Gasteiger partial charge in [-0.1, -0.05) is 0 Å². The Labute approximate surface area is 204 Å². The van der Waals surface area contributed by atoms with Gasteiger partial charge >= 0.3 is 0 Å². The number of carbonyl (C=O) groups is 1. The smallest absolute Gasteiger partial charge is 0.250 e. The molecule has 0 radical (unpaired) electrons. The molecule has 1 aliphatic heterocycles. The highest BCUT2D eigenvalue weighted by Crippen LogP contribution is 2.38. The monoisotopic (exact) mass is 499 g/mol. The maximum atomic E-state index is 12.3. The van der Waals surface area contributed by atoms with Gasteiger partial charge in [-0.05, 0) is 73.0 Å². The van der Waals surface area contributed by atoms with Crippen molar-refractivity contribution in [3.8, 4) is 17.2 Å². The first kappa shape index (κ1) is 24.4. The van der Waals surface area contributed by atoms with Crippen molar-refractivity contribution >= 4 is 38.2 Å². The summed E-state index contributed by atoms with van der Waals surface area (Å²) in [5.41, 5.74) is 9.91. The lowest BCUT2D eigenvalue weighted by Crippen LogP contribution is -2.38. The van der Waals surface area contributed by atoms with Crippen molar-refractivity contribution in [2.75, 3.05) is 32.4 Å². The number of primary amides is 1. The van der Waals surface area contributed by atoms with Gasteiger partial charge in [-0.15, -0.1) is 11.3 Å². The van der Waals surface area contributed by atoms with E-state index in [2.05, 4.69) is 28.6 Å². The molecule has 1 aliphatic rings. The van der Waals surface area contributed by atoms with Crippen LogP contribution in [-0.4, -0.2) is 60.9 Å². The zero-order chi connectivity index (χ0) is 24.5. The fourth-order valence-electron chi connectivity index (χ4n) is 4.64. The van der Waals surface area contributed by atoms with Crippen LogP contribution in [0.4, 0.5) is 0 Å². The van der Waals surface area contributed by atoms with E-state index in [9.17, 15) is 13.2 Å². The minimum absolute atomic E-state index is 0.116. The number of H-pyrrole nitrogens is 1. The fourth-order valence-corrected chi connectivity index (χ4v) is 6.74. The van der Waals surface area contributed by atoms with Crippen LogP contribution < -0.4 is 5.73 Å². The summed E-state index contributed by atoms with van der Waals surface area (Å²) in [5.74, 6) is -0.176. The summed E-state index contributed by atoms with van der Waals surface area (Å²) in [4.78, 5) is 18.6. The van der Waals surface area contributed by atoms with E-state index in [-0.39, 0.29) is 11.7 Å². The van der Waals surface area contributed by atoms with E-state index in [1.165, 1.54) is 0 Å². The largest absolute Gasteiger partial charge is 0.366 e. The number of nitrogens with zero attached hydrogens (tertiary/aromatic N) is 3. The number of aromatic amines is 1. The summed E-state index contributed by atoms with van der Waals surface area (Å²) in [6, 6.07) is 8.16. The van der Waals surface area contributed by atoms with Crippen LogP contribution in [0, 0.1) is 11.3 Å². The standard InChI is InChI=1S/C24H29N5O3S2/c1-3-34(31,32)29-7-4-16(5-8-29)22-13-27-23-20(22)11-17(12-21(23)24(26)30)18-10-19(33-15-18)14-28(2)9-6-25/h10-13,15-16,27H,3-5,7-9,14H2,1-2H3,(H2,26,30). The third-order valence-electron chi connectivity index (χ3n) is 6.49. The molecule has 0 spiro atoms. The predicted octanol–water partition coefficient (Wildman–Crippen LogP) is 3.48. The Morgan fingerprint density at radius 3 is 2.68 bits per heavy atom. The van der Waals surface area contributed by atoms with Gasteiger partial charge in [0.1, 0.15) is 0 Å². The van der Waals surface area contributed by atoms with Gasteiger partial charge < -0.3 is 10.7 Å². The normalized spacial score (nSPS) is 15.7. The van der Waals surface area contributed by atoms with Gasteiger partial charge in [0.2, 0.25) is 10.0 Å². The average Bonchev–Trinajstić information content (AvgIpc) is 3.45. The number of carbonyl (C=O) groups excluding carboxylic acids is 1. The summed E-state index contributed by atoms with van der Waals surface area (Å²) in [5, 5.41) is 11.9. The van der Waals surface area contributed by atoms with Crippen LogP contribution in [0.3, 0.4) is 0 Å². The van der Waals surface area contributed by atoms with Crippen molar-refractivity contribution in [1.82, 2.24) is 14.2 Å². The van der Waals surface area contributed by atoms with Gasteiger partial charge in [-0.2, -0.15) is 5.26 Å². The van der Waals surface area contributed by atoms with E-state index >= 15 is 0 Å². The van der Waals surface area contributed by atoms with E-state index < -0.39 is 15.9 Å². The zero-order valence-electron chi connectivity index (χ0n) is 19.4. The number of rotatable bonds is 8. The Morgan fingerprint density at radius 1 is 1.29 bits per heavy atom. The topological polar surface area (TPSA) is 123 Å². The highest BCUT2D eigenvalue weighted by atomic mass is 32.2. The van der Waals surface area contributed by atoms with Gasteiger partial charge in [0.05, 0.1) is 29.4 Å². The molecule has 1 aromatic carbocycles. The molecular formula is C24H29N5O3S2. The molecule has 0 saturated carbocycles. The maximum Gasteiger partial charge on any atom is 0.250 e. The molecule has 1 amide bonds. The summed E-state index contributed by atoms with van der Waals surface area (Å²) in [7, 11) is -1.28. The molecule has 0 bridgehead atoms. The fraction of sp³-hybridized carbons (Fsp3) is 0.417. The van der Waals surface area contributed by atoms with Crippen LogP contribution in [-0.2, 0) is 16.6 Å². The van der Waals surface area contributed by atoms with Gasteiger partial charge in [-0.25, -0.2) is 12.7 Å². The van der Waals surface area contributed by atoms with Crippen LogP contribution in [0.25, 0.3) is 22.0 Å². The number of nitriles is 1. The first-order valence-electron chi connectivity index (χ1n) is 11.3. The van der Waals surface area contributed by atoms with Gasteiger partial charge in [-0.3, -0.25) is 9.69 Å². The number of amides is 1. The second-order valence-electron chi connectivity index (χ2n) is 8.76. The van der Waals surface area contributed by atoms with Crippen LogP contribution >= 0.6 is 11.3 Å². The Bertz CT molecular complexity index is 1340. The van der Waals surface area contributed by atoms with Gasteiger partial charge in [0.15, 0.2) is 0 Å². The van der Waals surface area contributed by atoms with Crippen molar-refractivity contribution in [1.29, 1.82) is 5.26 Å². The first-order chi connectivity index (χ1) is 16.2. The number of fused-ring (bicyclic) bond motifs is 1. The number of piperidine rings is 1. The van der Waals surface area contributed by atoms with Gasteiger partial charge in [0, 0.05) is 36.1 Å². The van der Waals surface area contributed by atoms with Crippen molar-refractivity contribution in [2.45, 2.75) is 32.2 Å². The molecule has 0 unspecified atom stereocenters. The highest BCUT2D eigenvalue weighted by molar-refractivity contribution is 7.89. The van der Waals surface area contributed by atoms with E-state index in [1.807, 2.05) is 24.2 Å². The molecule has 3 heterocycles. The van der Waals surface area contributed by atoms with E-state index in [1.54, 1.807) is 22.6 Å². The molecule has 1 saturated heterocycles. The molecule has 1 fully saturated rings. The molecule has 34 heavy (non-hydrogen) atoms. The number of sulfonamides is 1. The summed E-state index contributed by atoms with van der Waals surface area (Å²) in [6.07, 6.45) is 3.40.